The molecule has 3 heteroatoms. The van der Waals surface area contributed by atoms with Crippen molar-refractivity contribution in [1.29, 1.82) is 0 Å². The van der Waals surface area contributed by atoms with Crippen LogP contribution in [0.2, 0.25) is 0 Å². The first-order chi connectivity index (χ1) is 9.44. The van der Waals surface area contributed by atoms with Gasteiger partial charge in [-0.1, -0.05) is 33.3 Å². The summed E-state index contributed by atoms with van der Waals surface area (Å²) in [5.41, 5.74) is 1.98. The van der Waals surface area contributed by atoms with E-state index in [0.717, 1.165) is 6.42 Å². The Labute approximate surface area is 122 Å². The van der Waals surface area contributed by atoms with Gasteiger partial charge in [-0.15, -0.1) is 0 Å². The molecule has 0 aromatic heterocycles. The molecule has 0 aromatic rings. The maximum atomic E-state index is 5.98. The standard InChI is InChI=1S/C17H28O3/c1-16(2)9-6-10-17(3)12(16)8-7-11-13(17)15(19-5)20-14(11)18-4/h7,12-15H,6,8-10H2,1-5H3/t12?,13-,14-,15-,17+/m1/s1. The maximum Gasteiger partial charge on any atom is 0.183 e. The lowest BCUT2D eigenvalue weighted by molar-refractivity contribution is -0.205. The summed E-state index contributed by atoms with van der Waals surface area (Å²) in [6.07, 6.45) is 7.04. The highest BCUT2D eigenvalue weighted by Gasteiger charge is 2.59. The zero-order valence-corrected chi connectivity index (χ0v) is 13.4. The number of rotatable bonds is 2. The van der Waals surface area contributed by atoms with Crippen molar-refractivity contribution in [2.45, 2.75) is 59.0 Å². The Morgan fingerprint density at radius 1 is 1.15 bits per heavy atom. The Bertz CT molecular complexity index is 414. The van der Waals surface area contributed by atoms with Gasteiger partial charge in [-0.3, -0.25) is 0 Å². The fourth-order valence-electron chi connectivity index (χ4n) is 5.26. The van der Waals surface area contributed by atoms with E-state index < -0.39 is 0 Å². The van der Waals surface area contributed by atoms with Crippen molar-refractivity contribution in [2.24, 2.45) is 22.7 Å². The molecular weight excluding hydrogens is 252 g/mol. The zero-order chi connectivity index (χ0) is 14.5. The number of fused-ring (bicyclic) bond motifs is 3. The van der Waals surface area contributed by atoms with Crippen molar-refractivity contribution in [3.8, 4) is 0 Å². The van der Waals surface area contributed by atoms with Crippen LogP contribution in [0.1, 0.15) is 46.5 Å². The molecule has 0 bridgehead atoms. The molecule has 20 heavy (non-hydrogen) atoms. The second-order valence-corrected chi connectivity index (χ2v) is 7.63. The van der Waals surface area contributed by atoms with Gasteiger partial charge in [0.25, 0.3) is 0 Å². The van der Waals surface area contributed by atoms with E-state index in [-0.39, 0.29) is 18.0 Å². The summed E-state index contributed by atoms with van der Waals surface area (Å²) in [6, 6.07) is 0. The van der Waals surface area contributed by atoms with Crippen LogP contribution in [0.4, 0.5) is 0 Å². The van der Waals surface area contributed by atoms with Gasteiger partial charge in [-0.25, -0.2) is 0 Å². The molecule has 1 saturated carbocycles. The van der Waals surface area contributed by atoms with Crippen LogP contribution in [0.25, 0.3) is 0 Å². The summed E-state index contributed by atoms with van der Waals surface area (Å²) in [5.74, 6) is 1.05. The highest BCUT2D eigenvalue weighted by Crippen LogP contribution is 2.62. The maximum absolute atomic E-state index is 5.98. The van der Waals surface area contributed by atoms with Gasteiger partial charge in [0.15, 0.2) is 12.6 Å². The molecular formula is C17H28O3. The van der Waals surface area contributed by atoms with Crippen LogP contribution in [0.5, 0.6) is 0 Å². The monoisotopic (exact) mass is 280 g/mol. The second kappa shape index (κ2) is 4.82. The summed E-state index contributed by atoms with van der Waals surface area (Å²) in [5, 5.41) is 0. The number of allylic oxidation sites excluding steroid dienone is 1. The fraction of sp³-hybridized carbons (Fsp3) is 0.882. The Balaban J connectivity index is 2.02. The lowest BCUT2D eigenvalue weighted by Gasteiger charge is -2.56. The molecule has 1 unspecified atom stereocenters. The van der Waals surface area contributed by atoms with Crippen molar-refractivity contribution in [2.75, 3.05) is 14.2 Å². The SMILES string of the molecule is CO[C@@H]1O[C@@H](OC)[C@H]2C1=CCC1C(C)(C)CCC[C@@]12C. The summed E-state index contributed by atoms with van der Waals surface area (Å²) in [4.78, 5) is 0. The summed E-state index contributed by atoms with van der Waals surface area (Å²) < 4.78 is 17.1. The molecule has 5 atom stereocenters. The smallest absolute Gasteiger partial charge is 0.183 e. The van der Waals surface area contributed by atoms with Gasteiger partial charge in [-0.2, -0.15) is 0 Å². The molecule has 3 rings (SSSR count). The van der Waals surface area contributed by atoms with Crippen molar-refractivity contribution >= 4 is 0 Å². The van der Waals surface area contributed by atoms with Crippen LogP contribution >= 0.6 is 0 Å². The van der Waals surface area contributed by atoms with E-state index in [2.05, 4.69) is 26.8 Å². The zero-order valence-electron chi connectivity index (χ0n) is 13.4. The van der Waals surface area contributed by atoms with Crippen LogP contribution in [-0.2, 0) is 14.2 Å². The first-order valence-electron chi connectivity index (χ1n) is 7.85. The topological polar surface area (TPSA) is 27.7 Å². The van der Waals surface area contributed by atoms with Gasteiger partial charge in [0.2, 0.25) is 0 Å². The molecule has 0 spiro atoms. The lowest BCUT2D eigenvalue weighted by Crippen LogP contribution is -2.50. The Hall–Kier alpha value is -0.380. The third-order valence-electron chi connectivity index (χ3n) is 6.18. The van der Waals surface area contributed by atoms with Crippen LogP contribution in [0, 0.1) is 22.7 Å². The van der Waals surface area contributed by atoms with Crippen LogP contribution < -0.4 is 0 Å². The number of ether oxygens (including phenoxy) is 3. The van der Waals surface area contributed by atoms with Gasteiger partial charge >= 0.3 is 0 Å². The third kappa shape index (κ3) is 1.90. The highest BCUT2D eigenvalue weighted by atomic mass is 16.8. The van der Waals surface area contributed by atoms with Crippen molar-refractivity contribution in [1.82, 2.24) is 0 Å². The van der Waals surface area contributed by atoms with Crippen LogP contribution in [-0.4, -0.2) is 26.8 Å². The highest BCUT2D eigenvalue weighted by molar-refractivity contribution is 5.25. The first-order valence-corrected chi connectivity index (χ1v) is 7.85. The summed E-state index contributed by atoms with van der Waals surface area (Å²) in [6.45, 7) is 7.31. The fourth-order valence-corrected chi connectivity index (χ4v) is 5.26. The minimum Gasteiger partial charge on any atom is -0.355 e. The Morgan fingerprint density at radius 2 is 1.90 bits per heavy atom. The molecule has 0 N–H and O–H groups in total. The summed E-state index contributed by atoms with van der Waals surface area (Å²) >= 11 is 0. The minimum absolute atomic E-state index is 0.159. The molecule has 1 aliphatic heterocycles. The van der Waals surface area contributed by atoms with Gasteiger partial charge in [-0.05, 0) is 41.6 Å². The normalized spacial score (nSPS) is 46.5. The molecule has 3 nitrogen and oxygen atoms in total. The molecule has 2 aliphatic carbocycles. The molecule has 114 valence electrons. The predicted octanol–water partition coefficient (Wildman–Crippen LogP) is 3.74. The van der Waals surface area contributed by atoms with Crippen LogP contribution in [0.3, 0.4) is 0 Å². The third-order valence-corrected chi connectivity index (χ3v) is 6.18. The molecule has 0 radical (unpaired) electrons. The molecule has 3 aliphatic rings. The Kier molecular flexibility index (Phi) is 3.51. The average molecular weight is 280 g/mol. The minimum atomic E-state index is -0.215. The van der Waals surface area contributed by atoms with E-state index in [1.54, 1.807) is 14.2 Å². The quantitative estimate of drug-likeness (QED) is 0.721. The summed E-state index contributed by atoms with van der Waals surface area (Å²) in [7, 11) is 3.47. The van der Waals surface area contributed by atoms with Gasteiger partial charge in [0.05, 0.1) is 0 Å². The van der Waals surface area contributed by atoms with Gasteiger partial charge in [0.1, 0.15) is 0 Å². The molecule has 0 amide bonds. The van der Waals surface area contributed by atoms with E-state index in [0.29, 0.717) is 17.3 Å². The predicted molar refractivity (Wildman–Crippen MR) is 78.1 cm³/mol. The largest absolute Gasteiger partial charge is 0.355 e. The van der Waals surface area contributed by atoms with Gasteiger partial charge in [0, 0.05) is 20.1 Å². The van der Waals surface area contributed by atoms with Crippen molar-refractivity contribution in [3.63, 3.8) is 0 Å². The first kappa shape index (κ1) is 14.6. The van der Waals surface area contributed by atoms with E-state index >= 15 is 0 Å². The molecule has 0 aromatic carbocycles. The average Bonchev–Trinajstić information content (AvgIpc) is 2.77. The van der Waals surface area contributed by atoms with Crippen LogP contribution in [0.15, 0.2) is 11.6 Å². The van der Waals surface area contributed by atoms with E-state index in [4.69, 9.17) is 14.2 Å². The number of hydrogen-bond acceptors (Lipinski definition) is 3. The molecule has 1 saturated heterocycles. The van der Waals surface area contributed by atoms with E-state index in [1.807, 2.05) is 0 Å². The molecule has 2 fully saturated rings. The second-order valence-electron chi connectivity index (χ2n) is 7.63. The Morgan fingerprint density at radius 3 is 2.55 bits per heavy atom. The lowest BCUT2D eigenvalue weighted by atomic mass is 9.49. The van der Waals surface area contributed by atoms with Crippen molar-refractivity contribution < 1.29 is 14.2 Å². The van der Waals surface area contributed by atoms with Crippen molar-refractivity contribution in [3.05, 3.63) is 11.6 Å². The van der Waals surface area contributed by atoms with Gasteiger partial charge < -0.3 is 14.2 Å². The van der Waals surface area contributed by atoms with E-state index in [9.17, 15) is 0 Å². The van der Waals surface area contributed by atoms with E-state index in [1.165, 1.54) is 24.8 Å². The number of hydrogen-bond donors (Lipinski definition) is 0. The molecule has 1 heterocycles. The number of methoxy groups -OCH3 is 2.